The Kier molecular flexibility index (Phi) is 4.65. The van der Waals surface area contributed by atoms with Crippen molar-refractivity contribution >= 4 is 23.5 Å². The number of benzene rings is 1. The summed E-state index contributed by atoms with van der Waals surface area (Å²) in [5, 5.41) is 12.2. The maximum atomic E-state index is 12.0. The van der Waals surface area contributed by atoms with Gasteiger partial charge in [0.25, 0.3) is 0 Å². The smallest absolute Gasteiger partial charge is 0.303 e. The first-order chi connectivity index (χ1) is 9.47. The maximum absolute atomic E-state index is 12.0. The topological polar surface area (TPSA) is 66.4 Å². The summed E-state index contributed by atoms with van der Waals surface area (Å²) in [4.78, 5) is 22.5. The molecule has 0 unspecified atom stereocenters. The van der Waals surface area contributed by atoms with Gasteiger partial charge in [-0.2, -0.15) is 0 Å². The standard InChI is InChI=1S/C15H18ClNO3/c1-9(5-6-14(18)19)17-15(20)13-8-12(13)10-3-2-4-11(16)7-10/h2-4,7,9,12-13H,5-6,8H2,1H3,(H,17,20)(H,18,19)/t9-,12-,13-/m1/s1. The molecule has 0 aliphatic heterocycles. The Hall–Kier alpha value is -1.55. The van der Waals surface area contributed by atoms with E-state index in [9.17, 15) is 9.59 Å². The molecule has 108 valence electrons. The predicted octanol–water partition coefficient (Wildman–Crippen LogP) is 2.81. The van der Waals surface area contributed by atoms with E-state index >= 15 is 0 Å². The van der Waals surface area contributed by atoms with E-state index in [1.54, 1.807) is 0 Å². The van der Waals surface area contributed by atoms with E-state index in [0.29, 0.717) is 11.4 Å². The zero-order valence-electron chi connectivity index (χ0n) is 11.3. The van der Waals surface area contributed by atoms with E-state index < -0.39 is 5.97 Å². The lowest BCUT2D eigenvalue weighted by Crippen LogP contribution is -2.34. The maximum Gasteiger partial charge on any atom is 0.303 e. The van der Waals surface area contributed by atoms with E-state index in [1.165, 1.54) is 0 Å². The minimum Gasteiger partial charge on any atom is -0.481 e. The normalized spacial score (nSPS) is 22.1. The first-order valence-corrected chi connectivity index (χ1v) is 7.13. The lowest BCUT2D eigenvalue weighted by atomic mass is 10.1. The van der Waals surface area contributed by atoms with Gasteiger partial charge < -0.3 is 10.4 Å². The van der Waals surface area contributed by atoms with Gasteiger partial charge in [-0.1, -0.05) is 23.7 Å². The van der Waals surface area contributed by atoms with Crippen LogP contribution in [0.15, 0.2) is 24.3 Å². The van der Waals surface area contributed by atoms with Crippen LogP contribution in [0.4, 0.5) is 0 Å². The molecule has 4 nitrogen and oxygen atoms in total. The van der Waals surface area contributed by atoms with E-state index in [2.05, 4.69) is 5.32 Å². The van der Waals surface area contributed by atoms with Crippen LogP contribution in [-0.4, -0.2) is 23.0 Å². The van der Waals surface area contributed by atoms with Gasteiger partial charge in [0.15, 0.2) is 0 Å². The fourth-order valence-electron chi connectivity index (χ4n) is 2.35. The minimum atomic E-state index is -0.839. The van der Waals surface area contributed by atoms with Crippen molar-refractivity contribution < 1.29 is 14.7 Å². The number of rotatable bonds is 6. The van der Waals surface area contributed by atoms with Gasteiger partial charge >= 0.3 is 5.97 Å². The number of carbonyl (C=O) groups excluding carboxylic acids is 1. The zero-order chi connectivity index (χ0) is 14.7. The van der Waals surface area contributed by atoms with E-state index in [4.69, 9.17) is 16.7 Å². The van der Waals surface area contributed by atoms with Gasteiger partial charge in [-0.25, -0.2) is 0 Å². The van der Waals surface area contributed by atoms with E-state index in [0.717, 1.165) is 12.0 Å². The summed E-state index contributed by atoms with van der Waals surface area (Å²) in [6, 6.07) is 7.47. The van der Waals surface area contributed by atoms with E-state index in [-0.39, 0.29) is 30.2 Å². The van der Waals surface area contributed by atoms with Crippen molar-refractivity contribution in [2.45, 2.75) is 38.1 Å². The largest absolute Gasteiger partial charge is 0.481 e. The number of carboxylic acid groups (broad SMARTS) is 1. The summed E-state index contributed by atoms with van der Waals surface area (Å²) in [6.07, 6.45) is 1.36. The van der Waals surface area contributed by atoms with Crippen molar-refractivity contribution in [3.8, 4) is 0 Å². The molecule has 1 aromatic rings. The van der Waals surface area contributed by atoms with Crippen molar-refractivity contribution in [1.29, 1.82) is 0 Å². The molecule has 0 heterocycles. The monoisotopic (exact) mass is 295 g/mol. The number of carbonyl (C=O) groups is 2. The highest BCUT2D eigenvalue weighted by Crippen LogP contribution is 2.48. The van der Waals surface area contributed by atoms with Gasteiger partial charge in [0.1, 0.15) is 0 Å². The molecule has 1 aliphatic rings. The van der Waals surface area contributed by atoms with Crippen LogP contribution >= 0.6 is 11.6 Å². The molecule has 20 heavy (non-hydrogen) atoms. The molecule has 1 saturated carbocycles. The van der Waals surface area contributed by atoms with Crippen LogP contribution in [0, 0.1) is 5.92 Å². The average molecular weight is 296 g/mol. The summed E-state index contributed by atoms with van der Waals surface area (Å²) in [7, 11) is 0. The van der Waals surface area contributed by atoms with Crippen molar-refractivity contribution in [1.82, 2.24) is 5.32 Å². The molecule has 5 heteroatoms. The summed E-state index contributed by atoms with van der Waals surface area (Å²) in [5.74, 6) is -0.608. The van der Waals surface area contributed by atoms with Crippen molar-refractivity contribution in [2.75, 3.05) is 0 Å². The first kappa shape index (κ1) is 14.9. The second-order valence-corrected chi connectivity index (χ2v) is 5.78. The van der Waals surface area contributed by atoms with Gasteiger partial charge in [0, 0.05) is 23.4 Å². The Morgan fingerprint density at radius 3 is 2.90 bits per heavy atom. The fraction of sp³-hybridized carbons (Fsp3) is 0.467. The fourth-order valence-corrected chi connectivity index (χ4v) is 2.55. The Morgan fingerprint density at radius 1 is 1.50 bits per heavy atom. The molecule has 0 aromatic heterocycles. The van der Waals surface area contributed by atoms with Gasteiger partial charge in [0.2, 0.25) is 5.91 Å². The Balaban J connectivity index is 1.82. The molecule has 1 amide bonds. The average Bonchev–Trinajstić information content (AvgIpc) is 3.16. The SMILES string of the molecule is C[C@H](CCC(=O)O)NC(=O)[C@@H]1C[C@@H]1c1cccc(Cl)c1. The van der Waals surface area contributed by atoms with Crippen molar-refractivity contribution in [3.05, 3.63) is 34.9 Å². The number of hydrogen-bond donors (Lipinski definition) is 2. The molecular weight excluding hydrogens is 278 g/mol. The van der Waals surface area contributed by atoms with Crippen LogP contribution in [-0.2, 0) is 9.59 Å². The van der Waals surface area contributed by atoms with Gasteiger partial charge in [-0.3, -0.25) is 9.59 Å². The third kappa shape index (κ3) is 3.97. The van der Waals surface area contributed by atoms with Crippen molar-refractivity contribution in [2.24, 2.45) is 5.92 Å². The number of carboxylic acids is 1. The van der Waals surface area contributed by atoms with Crippen molar-refractivity contribution in [3.63, 3.8) is 0 Å². The highest BCUT2D eigenvalue weighted by Gasteiger charge is 2.44. The molecular formula is C15H18ClNO3. The number of amides is 1. The molecule has 0 spiro atoms. The van der Waals surface area contributed by atoms with Crippen LogP contribution in [0.5, 0.6) is 0 Å². The van der Waals surface area contributed by atoms with Gasteiger partial charge in [-0.05, 0) is 43.4 Å². The third-order valence-corrected chi connectivity index (χ3v) is 3.82. The summed E-state index contributed by atoms with van der Waals surface area (Å²) >= 11 is 5.94. The molecule has 2 N–H and O–H groups in total. The van der Waals surface area contributed by atoms with Crippen LogP contribution in [0.1, 0.15) is 37.7 Å². The molecule has 1 aromatic carbocycles. The highest BCUT2D eigenvalue weighted by atomic mass is 35.5. The molecule has 0 saturated heterocycles. The number of nitrogens with one attached hydrogen (secondary N) is 1. The van der Waals surface area contributed by atoms with E-state index in [1.807, 2.05) is 31.2 Å². The number of hydrogen-bond acceptors (Lipinski definition) is 2. The van der Waals surface area contributed by atoms with Crippen LogP contribution in [0.25, 0.3) is 0 Å². The quantitative estimate of drug-likeness (QED) is 0.848. The third-order valence-electron chi connectivity index (χ3n) is 3.58. The second kappa shape index (κ2) is 6.27. The van der Waals surface area contributed by atoms with Crippen LogP contribution in [0.3, 0.4) is 0 Å². The molecule has 1 fully saturated rings. The van der Waals surface area contributed by atoms with Gasteiger partial charge in [0.05, 0.1) is 0 Å². The Bertz CT molecular complexity index is 518. The van der Waals surface area contributed by atoms with Crippen LogP contribution < -0.4 is 5.32 Å². The molecule has 3 atom stereocenters. The molecule has 0 bridgehead atoms. The minimum absolute atomic E-state index is 0.00728. The highest BCUT2D eigenvalue weighted by molar-refractivity contribution is 6.30. The lowest BCUT2D eigenvalue weighted by molar-refractivity contribution is -0.137. The summed E-state index contributed by atoms with van der Waals surface area (Å²) in [6.45, 7) is 1.83. The molecule has 1 aliphatic carbocycles. The number of aliphatic carboxylic acids is 1. The Morgan fingerprint density at radius 2 is 2.25 bits per heavy atom. The Labute approximate surface area is 123 Å². The first-order valence-electron chi connectivity index (χ1n) is 6.75. The number of halogens is 1. The lowest BCUT2D eigenvalue weighted by Gasteiger charge is -2.12. The summed E-state index contributed by atoms with van der Waals surface area (Å²) < 4.78 is 0. The molecule has 2 rings (SSSR count). The van der Waals surface area contributed by atoms with Crippen LogP contribution in [0.2, 0.25) is 5.02 Å². The summed E-state index contributed by atoms with van der Waals surface area (Å²) in [5.41, 5.74) is 1.09. The zero-order valence-corrected chi connectivity index (χ0v) is 12.1. The van der Waals surface area contributed by atoms with Gasteiger partial charge in [-0.15, -0.1) is 0 Å². The predicted molar refractivity (Wildman–Crippen MR) is 76.8 cm³/mol. The molecule has 0 radical (unpaired) electrons. The second-order valence-electron chi connectivity index (χ2n) is 5.35.